The Hall–Kier alpha value is -1.63. The number of ether oxygens (including phenoxy) is 1. The van der Waals surface area contributed by atoms with Crippen LogP contribution in [0.1, 0.15) is 26.7 Å². The molecule has 2 rings (SSSR count). The van der Waals surface area contributed by atoms with E-state index in [4.69, 9.17) is 22.1 Å². The van der Waals surface area contributed by atoms with Crippen LogP contribution in [0.2, 0.25) is 5.02 Å². The van der Waals surface area contributed by atoms with Crippen LogP contribution in [-0.4, -0.2) is 23.5 Å². The third-order valence-electron chi connectivity index (χ3n) is 3.46. The van der Waals surface area contributed by atoms with E-state index < -0.39 is 5.54 Å². The van der Waals surface area contributed by atoms with Gasteiger partial charge in [0, 0.05) is 10.9 Å². The number of carbonyl (C=O) groups excluding carboxylic acids is 1. The molecule has 0 aliphatic carbocycles. The van der Waals surface area contributed by atoms with Crippen LogP contribution in [0.4, 0.5) is 5.13 Å². The quantitative estimate of drug-likeness (QED) is 0.824. The molecule has 1 aromatic heterocycles. The molecular formula is C16H20ClN3O2S. The Morgan fingerprint density at radius 1 is 1.52 bits per heavy atom. The Labute approximate surface area is 144 Å². The lowest BCUT2D eigenvalue weighted by Gasteiger charge is -2.21. The van der Waals surface area contributed by atoms with Gasteiger partial charge in [0.2, 0.25) is 5.91 Å². The molecule has 124 valence electrons. The summed E-state index contributed by atoms with van der Waals surface area (Å²) in [5, 5.41) is 5.68. The maximum atomic E-state index is 12.2. The van der Waals surface area contributed by atoms with Gasteiger partial charge in [0.1, 0.15) is 5.75 Å². The first-order chi connectivity index (χ1) is 10.9. The zero-order chi connectivity index (χ0) is 17.0. The first kappa shape index (κ1) is 17.7. The molecule has 1 unspecified atom stereocenters. The van der Waals surface area contributed by atoms with E-state index >= 15 is 0 Å². The molecular weight excluding hydrogens is 334 g/mol. The minimum absolute atomic E-state index is 0.229. The maximum Gasteiger partial charge on any atom is 0.245 e. The normalized spacial score (nSPS) is 13.4. The average molecular weight is 354 g/mol. The molecule has 0 radical (unpaired) electrons. The van der Waals surface area contributed by atoms with Crippen LogP contribution in [0.15, 0.2) is 23.6 Å². The highest BCUT2D eigenvalue weighted by molar-refractivity contribution is 7.14. The fourth-order valence-electron chi connectivity index (χ4n) is 2.16. The Balaban J connectivity index is 2.15. The number of rotatable bonds is 6. The highest BCUT2D eigenvalue weighted by Crippen LogP contribution is 2.31. The van der Waals surface area contributed by atoms with E-state index in [2.05, 4.69) is 10.3 Å². The Morgan fingerprint density at radius 3 is 2.87 bits per heavy atom. The summed E-state index contributed by atoms with van der Waals surface area (Å²) in [6, 6.07) is 5.44. The van der Waals surface area contributed by atoms with Gasteiger partial charge in [0.05, 0.1) is 23.4 Å². The van der Waals surface area contributed by atoms with Crippen molar-refractivity contribution in [3.8, 4) is 17.0 Å². The van der Waals surface area contributed by atoms with Gasteiger partial charge in [0.15, 0.2) is 5.13 Å². The zero-order valence-electron chi connectivity index (χ0n) is 13.4. The summed E-state index contributed by atoms with van der Waals surface area (Å²) in [6.45, 7) is 3.72. The fraction of sp³-hybridized carbons (Fsp3) is 0.375. The first-order valence-electron chi connectivity index (χ1n) is 7.27. The minimum atomic E-state index is -0.899. The number of halogens is 1. The number of amides is 1. The molecule has 1 heterocycles. The lowest BCUT2D eigenvalue weighted by Crippen LogP contribution is -2.48. The van der Waals surface area contributed by atoms with Crippen LogP contribution in [0, 0.1) is 0 Å². The zero-order valence-corrected chi connectivity index (χ0v) is 14.9. The fourth-order valence-corrected chi connectivity index (χ4v) is 3.13. The van der Waals surface area contributed by atoms with Crippen molar-refractivity contribution in [3.05, 3.63) is 28.6 Å². The van der Waals surface area contributed by atoms with Crippen molar-refractivity contribution in [2.45, 2.75) is 32.2 Å². The molecule has 1 amide bonds. The molecule has 1 atom stereocenters. The molecule has 5 nitrogen and oxygen atoms in total. The van der Waals surface area contributed by atoms with Crippen LogP contribution in [-0.2, 0) is 4.79 Å². The van der Waals surface area contributed by atoms with Crippen molar-refractivity contribution < 1.29 is 9.53 Å². The summed E-state index contributed by atoms with van der Waals surface area (Å²) in [4.78, 5) is 16.6. The molecule has 7 heteroatoms. The average Bonchev–Trinajstić information content (AvgIpc) is 2.95. The highest BCUT2D eigenvalue weighted by Gasteiger charge is 2.27. The summed E-state index contributed by atoms with van der Waals surface area (Å²) in [7, 11) is 1.57. The molecule has 2 aromatic rings. The molecule has 1 aromatic carbocycles. The van der Waals surface area contributed by atoms with Crippen molar-refractivity contribution in [3.63, 3.8) is 0 Å². The van der Waals surface area contributed by atoms with E-state index in [1.165, 1.54) is 11.3 Å². The lowest BCUT2D eigenvalue weighted by molar-refractivity contribution is -0.120. The second kappa shape index (κ2) is 7.29. The second-order valence-electron chi connectivity index (χ2n) is 5.51. The lowest BCUT2D eigenvalue weighted by atomic mass is 9.97. The van der Waals surface area contributed by atoms with E-state index in [0.29, 0.717) is 22.3 Å². The standard InChI is InChI=1S/C16H20ClN3O2S/c1-4-7-16(2,18)14(21)20-15-19-12(9-23-15)10-5-6-13(22-3)11(17)8-10/h5-6,8-9H,4,7,18H2,1-3H3,(H,19,20,21). The number of benzene rings is 1. The smallest absolute Gasteiger partial charge is 0.245 e. The number of anilines is 1. The van der Waals surface area contributed by atoms with Crippen molar-refractivity contribution in [1.82, 2.24) is 4.98 Å². The van der Waals surface area contributed by atoms with Crippen molar-refractivity contribution in [2.24, 2.45) is 5.73 Å². The van der Waals surface area contributed by atoms with E-state index in [9.17, 15) is 4.79 Å². The van der Waals surface area contributed by atoms with Crippen molar-refractivity contribution >= 4 is 34.0 Å². The summed E-state index contributed by atoms with van der Waals surface area (Å²) < 4.78 is 5.13. The van der Waals surface area contributed by atoms with Crippen LogP contribution >= 0.6 is 22.9 Å². The Bertz CT molecular complexity index is 700. The highest BCUT2D eigenvalue weighted by atomic mass is 35.5. The number of carbonyl (C=O) groups is 1. The maximum absolute atomic E-state index is 12.2. The third kappa shape index (κ3) is 4.22. The number of thiazole rings is 1. The Morgan fingerprint density at radius 2 is 2.26 bits per heavy atom. The molecule has 0 bridgehead atoms. The number of hydrogen-bond donors (Lipinski definition) is 2. The minimum Gasteiger partial charge on any atom is -0.495 e. The summed E-state index contributed by atoms with van der Waals surface area (Å²) in [5.74, 6) is 0.380. The number of nitrogens with zero attached hydrogens (tertiary/aromatic N) is 1. The predicted molar refractivity (Wildman–Crippen MR) is 95.2 cm³/mol. The molecule has 0 saturated carbocycles. The monoisotopic (exact) mass is 353 g/mol. The second-order valence-corrected chi connectivity index (χ2v) is 6.77. The van der Waals surface area contributed by atoms with Crippen LogP contribution in [0.5, 0.6) is 5.75 Å². The summed E-state index contributed by atoms with van der Waals surface area (Å²) >= 11 is 7.48. The number of nitrogens with two attached hydrogens (primary N) is 1. The SMILES string of the molecule is CCCC(C)(N)C(=O)Nc1nc(-c2ccc(OC)c(Cl)c2)cs1. The summed E-state index contributed by atoms with van der Waals surface area (Å²) in [5.41, 5.74) is 6.72. The van der Waals surface area contributed by atoms with Crippen LogP contribution < -0.4 is 15.8 Å². The third-order valence-corrected chi connectivity index (χ3v) is 4.51. The van der Waals surface area contributed by atoms with Gasteiger partial charge >= 0.3 is 0 Å². The number of nitrogens with one attached hydrogen (secondary N) is 1. The van der Waals surface area contributed by atoms with E-state index in [1.807, 2.05) is 18.4 Å². The van der Waals surface area contributed by atoms with Crippen LogP contribution in [0.3, 0.4) is 0 Å². The van der Waals surface area contributed by atoms with Gasteiger partial charge in [-0.05, 0) is 31.5 Å². The van der Waals surface area contributed by atoms with Gasteiger partial charge in [-0.25, -0.2) is 4.98 Å². The van der Waals surface area contributed by atoms with Gasteiger partial charge in [-0.3, -0.25) is 4.79 Å². The molecule has 0 spiro atoms. The van der Waals surface area contributed by atoms with E-state index in [1.54, 1.807) is 26.2 Å². The topological polar surface area (TPSA) is 77.2 Å². The van der Waals surface area contributed by atoms with Gasteiger partial charge in [-0.15, -0.1) is 11.3 Å². The van der Waals surface area contributed by atoms with E-state index in [-0.39, 0.29) is 5.91 Å². The van der Waals surface area contributed by atoms with Crippen molar-refractivity contribution in [1.29, 1.82) is 0 Å². The largest absolute Gasteiger partial charge is 0.495 e. The van der Waals surface area contributed by atoms with E-state index in [0.717, 1.165) is 17.7 Å². The molecule has 3 N–H and O–H groups in total. The number of aromatic nitrogens is 1. The predicted octanol–water partition coefficient (Wildman–Crippen LogP) is 3.93. The summed E-state index contributed by atoms with van der Waals surface area (Å²) in [6.07, 6.45) is 1.46. The number of hydrogen-bond acceptors (Lipinski definition) is 5. The van der Waals surface area contributed by atoms with Gasteiger partial charge in [0.25, 0.3) is 0 Å². The number of methoxy groups -OCH3 is 1. The molecule has 0 fully saturated rings. The molecule has 23 heavy (non-hydrogen) atoms. The molecule has 0 aliphatic rings. The molecule has 0 saturated heterocycles. The van der Waals surface area contributed by atoms with Crippen LogP contribution in [0.25, 0.3) is 11.3 Å². The van der Waals surface area contributed by atoms with Gasteiger partial charge in [-0.1, -0.05) is 24.9 Å². The Kier molecular flexibility index (Phi) is 5.62. The first-order valence-corrected chi connectivity index (χ1v) is 8.53. The van der Waals surface area contributed by atoms with Gasteiger partial charge < -0.3 is 15.8 Å². The van der Waals surface area contributed by atoms with Crippen molar-refractivity contribution in [2.75, 3.05) is 12.4 Å². The van der Waals surface area contributed by atoms with Gasteiger partial charge in [-0.2, -0.15) is 0 Å². The molecule has 0 aliphatic heterocycles.